The van der Waals surface area contributed by atoms with Crippen molar-refractivity contribution in [2.45, 2.75) is 51.0 Å². The molecule has 1 amide bonds. The second kappa shape index (κ2) is 6.07. The maximum atomic E-state index is 12.0. The molecule has 1 saturated carbocycles. The van der Waals surface area contributed by atoms with Gasteiger partial charge in [0.1, 0.15) is 11.8 Å². The van der Waals surface area contributed by atoms with Crippen LogP contribution in [0, 0.1) is 5.92 Å². The molecule has 20 heavy (non-hydrogen) atoms. The van der Waals surface area contributed by atoms with Gasteiger partial charge in [0, 0.05) is 6.07 Å². The van der Waals surface area contributed by atoms with E-state index in [1.54, 1.807) is 6.07 Å². The summed E-state index contributed by atoms with van der Waals surface area (Å²) in [6.45, 7) is 2.11. The third kappa shape index (κ3) is 3.18. The van der Waals surface area contributed by atoms with E-state index in [0.29, 0.717) is 24.5 Å². The Bertz CT molecular complexity index is 462. The van der Waals surface area contributed by atoms with Crippen molar-refractivity contribution in [2.24, 2.45) is 5.92 Å². The number of aromatic nitrogens is 1. The molecule has 1 aromatic heterocycles. The molecule has 1 heterocycles. The van der Waals surface area contributed by atoms with Crippen LogP contribution in [0.25, 0.3) is 0 Å². The van der Waals surface area contributed by atoms with Crippen LogP contribution in [0.15, 0.2) is 16.9 Å². The minimum absolute atomic E-state index is 0.0444. The molecule has 1 aromatic rings. The van der Waals surface area contributed by atoms with Crippen LogP contribution >= 0.6 is 0 Å². The number of rotatable bonds is 5. The van der Waals surface area contributed by atoms with Crippen molar-refractivity contribution in [1.29, 1.82) is 0 Å². The molecule has 6 heteroatoms. The van der Waals surface area contributed by atoms with E-state index in [1.165, 1.54) is 6.26 Å². The zero-order chi connectivity index (χ0) is 14.6. The maximum absolute atomic E-state index is 12.0. The van der Waals surface area contributed by atoms with Crippen molar-refractivity contribution in [3.63, 3.8) is 0 Å². The van der Waals surface area contributed by atoms with Crippen LogP contribution in [-0.4, -0.2) is 27.7 Å². The van der Waals surface area contributed by atoms with E-state index in [4.69, 9.17) is 0 Å². The monoisotopic (exact) mass is 280 g/mol. The second-order valence-corrected chi connectivity index (χ2v) is 5.45. The lowest BCUT2D eigenvalue weighted by molar-refractivity contribution is -0.149. The van der Waals surface area contributed by atoms with Gasteiger partial charge in [-0.15, -0.1) is 0 Å². The van der Waals surface area contributed by atoms with E-state index in [9.17, 15) is 14.7 Å². The molecule has 1 aliphatic rings. The fourth-order valence-corrected chi connectivity index (χ4v) is 2.78. The smallest absolute Gasteiger partial charge is 0.329 e. The summed E-state index contributed by atoms with van der Waals surface area (Å²) in [4.78, 5) is 23.5. The van der Waals surface area contributed by atoms with Crippen LogP contribution in [0.1, 0.15) is 44.7 Å². The van der Waals surface area contributed by atoms with Crippen molar-refractivity contribution in [1.82, 2.24) is 10.5 Å². The molecule has 1 aliphatic carbocycles. The van der Waals surface area contributed by atoms with Crippen molar-refractivity contribution in [3.8, 4) is 0 Å². The molecule has 2 N–H and O–H groups in total. The van der Waals surface area contributed by atoms with Gasteiger partial charge < -0.3 is 14.9 Å². The van der Waals surface area contributed by atoms with Crippen LogP contribution < -0.4 is 5.32 Å². The zero-order valence-electron chi connectivity index (χ0n) is 11.6. The molecule has 0 aliphatic heterocycles. The summed E-state index contributed by atoms with van der Waals surface area (Å²) in [6.07, 6.45) is 5.16. The number of nitrogens with one attached hydrogen (secondary N) is 1. The Kier molecular flexibility index (Phi) is 4.42. The van der Waals surface area contributed by atoms with Crippen LogP contribution in [0.5, 0.6) is 0 Å². The lowest BCUT2D eigenvalue weighted by atomic mass is 9.75. The van der Waals surface area contributed by atoms with Gasteiger partial charge in [-0.25, -0.2) is 4.79 Å². The highest BCUT2D eigenvalue weighted by atomic mass is 16.5. The SMILES string of the molecule is CCC1CCC(NC(=O)Cc2ccon2)(C(=O)O)CC1. The van der Waals surface area contributed by atoms with Crippen molar-refractivity contribution in [2.75, 3.05) is 0 Å². The molecular formula is C14H20N2O4. The summed E-state index contributed by atoms with van der Waals surface area (Å²) < 4.78 is 4.66. The lowest BCUT2D eigenvalue weighted by Gasteiger charge is -2.37. The fraction of sp³-hybridized carbons (Fsp3) is 0.643. The number of aliphatic carboxylic acids is 1. The number of hydrogen-bond acceptors (Lipinski definition) is 4. The second-order valence-electron chi connectivity index (χ2n) is 5.45. The van der Waals surface area contributed by atoms with E-state index in [0.717, 1.165) is 19.3 Å². The van der Waals surface area contributed by atoms with Crippen LogP contribution in [0.2, 0.25) is 0 Å². The number of carbonyl (C=O) groups is 2. The molecule has 6 nitrogen and oxygen atoms in total. The van der Waals surface area contributed by atoms with Crippen LogP contribution in [0.3, 0.4) is 0 Å². The Labute approximate surface area is 117 Å². The van der Waals surface area contributed by atoms with E-state index < -0.39 is 11.5 Å². The lowest BCUT2D eigenvalue weighted by Crippen LogP contribution is -2.56. The van der Waals surface area contributed by atoms with Gasteiger partial charge in [0.25, 0.3) is 0 Å². The van der Waals surface area contributed by atoms with Crippen molar-refractivity contribution in [3.05, 3.63) is 18.0 Å². The summed E-state index contributed by atoms with van der Waals surface area (Å²) in [7, 11) is 0. The molecule has 110 valence electrons. The minimum atomic E-state index is -1.12. The zero-order valence-corrected chi connectivity index (χ0v) is 11.6. The predicted octanol–water partition coefficient (Wildman–Crippen LogP) is 1.76. The van der Waals surface area contributed by atoms with Crippen LogP contribution in [0.4, 0.5) is 0 Å². The maximum Gasteiger partial charge on any atom is 0.329 e. The van der Waals surface area contributed by atoms with E-state index in [2.05, 4.69) is 21.9 Å². The van der Waals surface area contributed by atoms with Crippen molar-refractivity contribution >= 4 is 11.9 Å². The Balaban J connectivity index is 1.99. The summed E-state index contributed by atoms with van der Waals surface area (Å²) >= 11 is 0. The van der Waals surface area contributed by atoms with Gasteiger partial charge in [0.2, 0.25) is 5.91 Å². The molecule has 0 aromatic carbocycles. The normalized spacial score (nSPS) is 26.1. The van der Waals surface area contributed by atoms with Crippen LogP contribution in [-0.2, 0) is 16.0 Å². The number of carboxylic acids is 1. The average Bonchev–Trinajstić information content (AvgIpc) is 2.92. The molecular weight excluding hydrogens is 260 g/mol. The fourth-order valence-electron chi connectivity index (χ4n) is 2.78. The third-order valence-electron chi connectivity index (χ3n) is 4.16. The van der Waals surface area contributed by atoms with E-state index in [-0.39, 0.29) is 12.3 Å². The molecule has 0 bridgehead atoms. The molecule has 0 spiro atoms. The van der Waals surface area contributed by atoms with Gasteiger partial charge in [-0.2, -0.15) is 0 Å². The number of hydrogen-bond donors (Lipinski definition) is 2. The highest BCUT2D eigenvalue weighted by Crippen LogP contribution is 2.34. The van der Waals surface area contributed by atoms with Gasteiger partial charge in [0.05, 0.1) is 12.1 Å². The first kappa shape index (κ1) is 14.6. The van der Waals surface area contributed by atoms with Gasteiger partial charge in [-0.1, -0.05) is 18.5 Å². The van der Waals surface area contributed by atoms with Gasteiger partial charge in [-0.3, -0.25) is 4.79 Å². The first-order valence-electron chi connectivity index (χ1n) is 6.99. The Morgan fingerprint density at radius 2 is 2.20 bits per heavy atom. The van der Waals surface area contributed by atoms with Gasteiger partial charge in [-0.05, 0) is 31.6 Å². The highest BCUT2D eigenvalue weighted by molar-refractivity contribution is 5.87. The van der Waals surface area contributed by atoms with Crippen molar-refractivity contribution < 1.29 is 19.2 Å². The Morgan fingerprint density at radius 3 is 2.70 bits per heavy atom. The predicted molar refractivity (Wildman–Crippen MR) is 71.0 cm³/mol. The highest BCUT2D eigenvalue weighted by Gasteiger charge is 2.42. The molecule has 0 radical (unpaired) electrons. The summed E-state index contributed by atoms with van der Waals surface area (Å²) in [5.74, 6) is -0.702. The molecule has 0 atom stereocenters. The Hall–Kier alpha value is -1.85. The first-order chi connectivity index (χ1) is 9.55. The van der Waals surface area contributed by atoms with Gasteiger partial charge in [0.15, 0.2) is 0 Å². The van der Waals surface area contributed by atoms with Gasteiger partial charge >= 0.3 is 5.97 Å². The molecule has 1 fully saturated rings. The quantitative estimate of drug-likeness (QED) is 0.857. The van der Waals surface area contributed by atoms with E-state index >= 15 is 0 Å². The number of carbonyl (C=O) groups excluding carboxylic acids is 1. The number of amides is 1. The number of carboxylic acid groups (broad SMARTS) is 1. The third-order valence-corrected chi connectivity index (χ3v) is 4.16. The number of nitrogens with zero attached hydrogens (tertiary/aromatic N) is 1. The summed E-state index contributed by atoms with van der Waals surface area (Å²) in [5, 5.41) is 15.8. The molecule has 0 saturated heterocycles. The summed E-state index contributed by atoms with van der Waals surface area (Å²) in [6, 6.07) is 1.60. The Morgan fingerprint density at radius 1 is 1.50 bits per heavy atom. The first-order valence-corrected chi connectivity index (χ1v) is 6.99. The van der Waals surface area contributed by atoms with E-state index in [1.807, 2.05) is 0 Å². The largest absolute Gasteiger partial charge is 0.480 e. The minimum Gasteiger partial charge on any atom is -0.480 e. The summed E-state index contributed by atoms with van der Waals surface area (Å²) in [5.41, 5.74) is -0.614. The standard InChI is InChI=1S/C14H20N2O4/c1-2-10-3-6-14(7-4-10,13(18)19)15-12(17)9-11-5-8-20-16-11/h5,8,10H,2-4,6-7,9H2,1H3,(H,15,17)(H,18,19). The average molecular weight is 280 g/mol. The molecule has 0 unspecified atom stereocenters. The topological polar surface area (TPSA) is 92.4 Å². The molecule has 2 rings (SSSR count).